The molecule has 0 unspecified atom stereocenters. The van der Waals surface area contributed by atoms with Crippen LogP contribution in [0.2, 0.25) is 0 Å². The lowest BCUT2D eigenvalue weighted by atomic mass is 10.3. The molecule has 1 aromatic rings. The fraction of sp³-hybridized carbons (Fsp3) is 0. The van der Waals surface area contributed by atoms with Crippen LogP contribution in [0.15, 0.2) is 22.7 Å². The first-order valence-corrected chi connectivity index (χ1v) is 3.33. The summed E-state index contributed by atoms with van der Waals surface area (Å²) >= 11 is 3.06. The van der Waals surface area contributed by atoms with E-state index in [1.165, 1.54) is 18.2 Å². The highest BCUT2D eigenvalue weighted by Gasteiger charge is 1.99. The van der Waals surface area contributed by atoms with Gasteiger partial charge in [-0.2, -0.15) is 0 Å². The normalized spacial score (nSPS) is 9.40. The largest absolute Gasteiger partial charge is 0.508 e. The monoisotopic (exact) mass is 204 g/mol. The molecule has 0 spiro atoms. The molecule has 4 heteroatoms. The second kappa shape index (κ2) is 2.90. The summed E-state index contributed by atoms with van der Waals surface area (Å²) in [6.45, 7) is 0. The lowest BCUT2D eigenvalue weighted by molar-refractivity contribution is -0.138. The Labute approximate surface area is 65.9 Å². The molecule has 1 rings (SSSR count). The molecule has 0 aromatic heterocycles. The highest BCUT2D eigenvalue weighted by molar-refractivity contribution is 9.10. The molecule has 2 N–H and O–H groups in total. The van der Waals surface area contributed by atoms with Crippen molar-refractivity contribution in [2.75, 3.05) is 0 Å². The van der Waals surface area contributed by atoms with E-state index in [-0.39, 0.29) is 11.5 Å². The van der Waals surface area contributed by atoms with Gasteiger partial charge >= 0.3 is 0 Å². The fourth-order valence-electron chi connectivity index (χ4n) is 0.564. The highest BCUT2D eigenvalue weighted by Crippen LogP contribution is 2.27. The zero-order valence-corrected chi connectivity index (χ0v) is 6.50. The molecular formula is C6H5BrO3. The molecule has 0 radical (unpaired) electrons. The van der Waals surface area contributed by atoms with Gasteiger partial charge in [-0.05, 0) is 34.1 Å². The molecule has 0 aliphatic carbocycles. The lowest BCUT2D eigenvalue weighted by Gasteiger charge is -1.98. The second-order valence-corrected chi connectivity index (χ2v) is 2.56. The highest BCUT2D eigenvalue weighted by atomic mass is 79.9. The summed E-state index contributed by atoms with van der Waals surface area (Å²) in [6.07, 6.45) is 0. The molecule has 0 aliphatic heterocycles. The summed E-state index contributed by atoms with van der Waals surface area (Å²) < 4.78 is 0.509. The topological polar surface area (TPSA) is 49.7 Å². The first-order chi connectivity index (χ1) is 4.74. The minimum atomic E-state index is 0.118. The molecule has 10 heavy (non-hydrogen) atoms. The van der Waals surface area contributed by atoms with Crippen molar-refractivity contribution in [2.24, 2.45) is 0 Å². The Balaban J connectivity index is 3.07. The molecular weight excluding hydrogens is 200 g/mol. The summed E-state index contributed by atoms with van der Waals surface area (Å²) in [5.41, 5.74) is 0. The van der Waals surface area contributed by atoms with Gasteiger partial charge in [0.2, 0.25) is 0 Å². The van der Waals surface area contributed by atoms with Gasteiger partial charge in [0.15, 0.2) is 5.75 Å². The van der Waals surface area contributed by atoms with Crippen LogP contribution in [0.3, 0.4) is 0 Å². The number of phenols is 1. The third-order valence-electron chi connectivity index (χ3n) is 1.01. The molecule has 0 bridgehead atoms. The van der Waals surface area contributed by atoms with E-state index >= 15 is 0 Å². The maximum Gasteiger partial charge on any atom is 0.179 e. The van der Waals surface area contributed by atoms with Gasteiger partial charge in [0.25, 0.3) is 0 Å². The average Bonchev–Trinajstić information content (AvgIpc) is 1.88. The van der Waals surface area contributed by atoms with E-state index in [0.717, 1.165) is 0 Å². The van der Waals surface area contributed by atoms with Crippen LogP contribution in [-0.4, -0.2) is 10.4 Å². The molecule has 0 saturated carbocycles. The van der Waals surface area contributed by atoms with Gasteiger partial charge < -0.3 is 9.99 Å². The molecule has 54 valence electrons. The average molecular weight is 205 g/mol. The van der Waals surface area contributed by atoms with E-state index in [4.69, 9.17) is 10.4 Å². The van der Waals surface area contributed by atoms with Crippen molar-refractivity contribution in [3.63, 3.8) is 0 Å². The van der Waals surface area contributed by atoms with Gasteiger partial charge in [-0.25, -0.2) is 5.26 Å². The van der Waals surface area contributed by atoms with Crippen molar-refractivity contribution in [3.05, 3.63) is 22.7 Å². The van der Waals surface area contributed by atoms with Crippen LogP contribution >= 0.6 is 15.9 Å². The zero-order valence-electron chi connectivity index (χ0n) is 4.91. The van der Waals surface area contributed by atoms with Crippen molar-refractivity contribution in [1.82, 2.24) is 0 Å². The van der Waals surface area contributed by atoms with Crippen LogP contribution in [0.5, 0.6) is 11.5 Å². The summed E-state index contributed by atoms with van der Waals surface area (Å²) in [5, 5.41) is 17.1. The lowest BCUT2D eigenvalue weighted by Crippen LogP contribution is -1.83. The van der Waals surface area contributed by atoms with Crippen LogP contribution in [-0.2, 0) is 0 Å². The van der Waals surface area contributed by atoms with Crippen molar-refractivity contribution >= 4 is 15.9 Å². The summed E-state index contributed by atoms with van der Waals surface area (Å²) in [5.74, 6) is 0.394. The van der Waals surface area contributed by atoms with Crippen LogP contribution in [0.4, 0.5) is 0 Å². The Morgan fingerprint density at radius 1 is 1.40 bits per heavy atom. The maximum absolute atomic E-state index is 8.87. The minimum absolute atomic E-state index is 0.118. The van der Waals surface area contributed by atoms with E-state index in [0.29, 0.717) is 4.47 Å². The fourth-order valence-corrected chi connectivity index (χ4v) is 1.00. The molecule has 1 aromatic carbocycles. The second-order valence-electron chi connectivity index (χ2n) is 1.71. The molecule has 0 amide bonds. The maximum atomic E-state index is 8.87. The van der Waals surface area contributed by atoms with Crippen LogP contribution < -0.4 is 4.89 Å². The number of hydrogen-bond donors (Lipinski definition) is 2. The molecule has 0 atom stereocenters. The Morgan fingerprint density at radius 2 is 2.10 bits per heavy atom. The number of benzene rings is 1. The van der Waals surface area contributed by atoms with Gasteiger partial charge in [0, 0.05) is 0 Å². The number of halogens is 1. The Morgan fingerprint density at radius 3 is 2.60 bits per heavy atom. The van der Waals surface area contributed by atoms with E-state index in [1.54, 1.807) is 0 Å². The third kappa shape index (κ3) is 1.40. The Hall–Kier alpha value is -0.740. The van der Waals surface area contributed by atoms with Gasteiger partial charge in [-0.15, -0.1) is 0 Å². The SMILES string of the molecule is OOc1ccc(O)cc1Br. The standard InChI is InChI=1S/C6H5BrO3/c7-5-3-4(8)1-2-6(5)10-9/h1-3,8-9H. The van der Waals surface area contributed by atoms with E-state index in [1.807, 2.05) is 0 Å². The summed E-state index contributed by atoms with van der Waals surface area (Å²) in [6, 6.07) is 4.28. The van der Waals surface area contributed by atoms with Crippen molar-refractivity contribution in [1.29, 1.82) is 0 Å². The van der Waals surface area contributed by atoms with E-state index in [2.05, 4.69) is 20.8 Å². The van der Waals surface area contributed by atoms with Gasteiger partial charge in [-0.3, -0.25) is 0 Å². The third-order valence-corrected chi connectivity index (χ3v) is 1.63. The number of rotatable bonds is 1. The molecule has 0 fully saturated rings. The molecule has 0 saturated heterocycles. The van der Waals surface area contributed by atoms with Crippen LogP contribution in [0.25, 0.3) is 0 Å². The number of aromatic hydroxyl groups is 1. The van der Waals surface area contributed by atoms with Crippen molar-refractivity contribution in [2.45, 2.75) is 0 Å². The Kier molecular flexibility index (Phi) is 2.13. The minimum Gasteiger partial charge on any atom is -0.508 e. The van der Waals surface area contributed by atoms with Gasteiger partial charge in [-0.1, -0.05) is 0 Å². The van der Waals surface area contributed by atoms with Gasteiger partial charge in [0.05, 0.1) is 4.47 Å². The predicted octanol–water partition coefficient (Wildman–Crippen LogP) is 2.01. The van der Waals surface area contributed by atoms with Crippen LogP contribution in [0, 0.1) is 0 Å². The molecule has 3 nitrogen and oxygen atoms in total. The quantitative estimate of drug-likeness (QED) is 0.544. The first-order valence-electron chi connectivity index (χ1n) is 2.54. The summed E-state index contributed by atoms with van der Waals surface area (Å²) in [7, 11) is 0. The summed E-state index contributed by atoms with van der Waals surface area (Å²) in [4.78, 5) is 3.94. The van der Waals surface area contributed by atoms with Crippen molar-refractivity contribution < 1.29 is 15.3 Å². The van der Waals surface area contributed by atoms with Gasteiger partial charge in [0.1, 0.15) is 5.75 Å². The number of phenolic OH excluding ortho intramolecular Hbond substituents is 1. The predicted molar refractivity (Wildman–Crippen MR) is 39.1 cm³/mol. The van der Waals surface area contributed by atoms with Crippen molar-refractivity contribution in [3.8, 4) is 11.5 Å². The van der Waals surface area contributed by atoms with Crippen LogP contribution in [0.1, 0.15) is 0 Å². The first kappa shape index (κ1) is 7.37. The zero-order chi connectivity index (χ0) is 7.56. The molecule has 0 heterocycles. The molecule has 0 aliphatic rings. The number of hydrogen-bond acceptors (Lipinski definition) is 3. The smallest absolute Gasteiger partial charge is 0.179 e. The van der Waals surface area contributed by atoms with E-state index in [9.17, 15) is 0 Å². The van der Waals surface area contributed by atoms with E-state index < -0.39 is 0 Å². The Bertz CT molecular complexity index is 236.